The van der Waals surface area contributed by atoms with E-state index in [0.29, 0.717) is 52.8 Å². The van der Waals surface area contributed by atoms with Crippen molar-refractivity contribution < 1.29 is 23.4 Å². The summed E-state index contributed by atoms with van der Waals surface area (Å²) in [5.74, 6) is 0.783. The molecule has 0 aliphatic rings. The molecule has 0 saturated carbocycles. The Kier molecular flexibility index (Phi) is 9.30. The van der Waals surface area contributed by atoms with Gasteiger partial charge in [0, 0.05) is 19.2 Å². The molecule has 1 heterocycles. The smallest absolute Gasteiger partial charge is 0.133 e. The predicted octanol–water partition coefficient (Wildman–Crippen LogP) is 0.934. The molecule has 1 aromatic heterocycles. The molecule has 0 aliphatic carbocycles. The highest BCUT2D eigenvalue weighted by atomic mass is 16.6. The zero-order valence-corrected chi connectivity index (χ0v) is 11.4. The molecule has 0 fully saturated rings. The summed E-state index contributed by atoms with van der Waals surface area (Å²) in [4.78, 5) is 0. The van der Waals surface area contributed by atoms with E-state index in [0.717, 1.165) is 11.3 Å². The van der Waals surface area contributed by atoms with E-state index >= 15 is 0 Å². The van der Waals surface area contributed by atoms with Crippen molar-refractivity contribution in [2.45, 2.75) is 13.2 Å². The van der Waals surface area contributed by atoms with E-state index in [9.17, 15) is 0 Å². The maximum Gasteiger partial charge on any atom is 0.133 e. The first-order valence-corrected chi connectivity index (χ1v) is 6.36. The highest BCUT2D eigenvalue weighted by molar-refractivity contribution is 5.15. The van der Waals surface area contributed by atoms with Crippen LogP contribution in [0.5, 0.6) is 0 Å². The topological polar surface area (TPSA) is 76.1 Å². The van der Waals surface area contributed by atoms with Crippen molar-refractivity contribution >= 4 is 0 Å². The molecule has 1 rings (SSSR count). The fraction of sp³-hybridized carbons (Fsp3) is 0.692. The predicted molar refractivity (Wildman–Crippen MR) is 69.8 cm³/mol. The Morgan fingerprint density at radius 2 is 1.63 bits per heavy atom. The SMILES string of the molecule is COCCOCCOCCOCc1occc1CN. The van der Waals surface area contributed by atoms with Crippen molar-refractivity contribution in [2.75, 3.05) is 46.8 Å². The molecule has 0 atom stereocenters. The summed E-state index contributed by atoms with van der Waals surface area (Å²) in [5.41, 5.74) is 6.53. The third-order valence-electron chi connectivity index (χ3n) is 2.47. The van der Waals surface area contributed by atoms with Crippen LogP contribution in [-0.2, 0) is 32.1 Å². The van der Waals surface area contributed by atoms with Crippen LogP contribution in [0.25, 0.3) is 0 Å². The summed E-state index contributed by atoms with van der Waals surface area (Å²) < 4.78 is 26.1. The van der Waals surface area contributed by atoms with Crippen LogP contribution >= 0.6 is 0 Å². The Labute approximate surface area is 113 Å². The lowest BCUT2D eigenvalue weighted by molar-refractivity contribution is -0.00136. The molecule has 0 spiro atoms. The van der Waals surface area contributed by atoms with Gasteiger partial charge in [-0.05, 0) is 6.07 Å². The van der Waals surface area contributed by atoms with Crippen molar-refractivity contribution in [3.8, 4) is 0 Å². The third kappa shape index (κ3) is 7.29. The second kappa shape index (κ2) is 11.0. The summed E-state index contributed by atoms with van der Waals surface area (Å²) in [6.45, 7) is 4.26. The molecule has 0 unspecified atom stereocenters. The summed E-state index contributed by atoms with van der Waals surface area (Å²) in [6, 6.07) is 1.85. The van der Waals surface area contributed by atoms with Crippen LogP contribution in [-0.4, -0.2) is 46.8 Å². The molecule has 0 bridgehead atoms. The van der Waals surface area contributed by atoms with E-state index in [4.69, 9.17) is 29.1 Å². The maximum absolute atomic E-state index is 5.55. The van der Waals surface area contributed by atoms with Gasteiger partial charge in [-0.15, -0.1) is 0 Å². The molecule has 110 valence electrons. The summed E-state index contributed by atoms with van der Waals surface area (Å²) in [6.07, 6.45) is 1.62. The number of ether oxygens (including phenoxy) is 4. The van der Waals surface area contributed by atoms with Gasteiger partial charge in [0.2, 0.25) is 0 Å². The monoisotopic (exact) mass is 273 g/mol. The maximum atomic E-state index is 5.55. The third-order valence-corrected chi connectivity index (χ3v) is 2.47. The van der Waals surface area contributed by atoms with E-state index < -0.39 is 0 Å². The standard InChI is InChI=1S/C13H23NO5/c1-15-4-5-16-6-7-17-8-9-18-11-13-12(10-14)2-3-19-13/h2-3H,4-11,14H2,1H3. The minimum absolute atomic E-state index is 0.424. The van der Waals surface area contributed by atoms with Crippen LogP contribution < -0.4 is 5.73 Å². The van der Waals surface area contributed by atoms with E-state index in [1.54, 1.807) is 13.4 Å². The average Bonchev–Trinajstić information content (AvgIpc) is 2.88. The average molecular weight is 273 g/mol. The van der Waals surface area contributed by atoms with Crippen molar-refractivity contribution in [3.05, 3.63) is 23.7 Å². The van der Waals surface area contributed by atoms with Gasteiger partial charge in [-0.2, -0.15) is 0 Å². The van der Waals surface area contributed by atoms with Crippen molar-refractivity contribution in [1.82, 2.24) is 0 Å². The minimum Gasteiger partial charge on any atom is -0.467 e. The molecular weight excluding hydrogens is 250 g/mol. The number of furan rings is 1. The lowest BCUT2D eigenvalue weighted by Gasteiger charge is -2.06. The Bertz CT molecular complexity index is 316. The Hall–Kier alpha value is -0.920. The molecule has 6 nitrogen and oxygen atoms in total. The fourth-order valence-electron chi connectivity index (χ4n) is 1.42. The van der Waals surface area contributed by atoms with Gasteiger partial charge in [0.1, 0.15) is 12.4 Å². The Morgan fingerprint density at radius 1 is 1.00 bits per heavy atom. The van der Waals surface area contributed by atoms with Gasteiger partial charge in [0.15, 0.2) is 0 Å². The number of methoxy groups -OCH3 is 1. The molecule has 6 heteroatoms. The lowest BCUT2D eigenvalue weighted by atomic mass is 10.2. The number of hydrogen-bond donors (Lipinski definition) is 1. The molecule has 0 radical (unpaired) electrons. The molecule has 0 saturated heterocycles. The summed E-state index contributed by atoms with van der Waals surface area (Å²) >= 11 is 0. The molecule has 0 amide bonds. The first-order valence-electron chi connectivity index (χ1n) is 6.36. The zero-order chi connectivity index (χ0) is 13.8. The minimum atomic E-state index is 0.424. The van der Waals surface area contributed by atoms with E-state index in [1.165, 1.54) is 0 Å². The highest BCUT2D eigenvalue weighted by Gasteiger charge is 2.04. The van der Waals surface area contributed by atoms with Gasteiger partial charge in [0.25, 0.3) is 0 Å². The molecule has 1 aromatic rings. The van der Waals surface area contributed by atoms with E-state index in [2.05, 4.69) is 0 Å². The van der Waals surface area contributed by atoms with Crippen LogP contribution in [0.3, 0.4) is 0 Å². The van der Waals surface area contributed by atoms with Crippen molar-refractivity contribution in [2.24, 2.45) is 5.73 Å². The van der Waals surface area contributed by atoms with Crippen LogP contribution in [0.15, 0.2) is 16.7 Å². The quantitative estimate of drug-likeness (QED) is 0.571. The highest BCUT2D eigenvalue weighted by Crippen LogP contribution is 2.10. The second-order valence-electron chi connectivity index (χ2n) is 3.84. The van der Waals surface area contributed by atoms with E-state index in [-0.39, 0.29) is 0 Å². The van der Waals surface area contributed by atoms with Crippen LogP contribution in [0.2, 0.25) is 0 Å². The number of hydrogen-bond acceptors (Lipinski definition) is 6. The first-order chi connectivity index (χ1) is 9.38. The first kappa shape index (κ1) is 16.1. The van der Waals surface area contributed by atoms with Crippen LogP contribution in [0, 0.1) is 0 Å². The van der Waals surface area contributed by atoms with Gasteiger partial charge < -0.3 is 29.1 Å². The van der Waals surface area contributed by atoms with E-state index in [1.807, 2.05) is 6.07 Å². The second-order valence-corrected chi connectivity index (χ2v) is 3.84. The van der Waals surface area contributed by atoms with Crippen molar-refractivity contribution in [1.29, 1.82) is 0 Å². The Morgan fingerprint density at radius 3 is 2.26 bits per heavy atom. The van der Waals surface area contributed by atoms with Gasteiger partial charge in [-0.25, -0.2) is 0 Å². The van der Waals surface area contributed by atoms with Gasteiger partial charge in [-0.1, -0.05) is 0 Å². The van der Waals surface area contributed by atoms with Crippen LogP contribution in [0.4, 0.5) is 0 Å². The fourth-order valence-corrected chi connectivity index (χ4v) is 1.42. The molecule has 0 aliphatic heterocycles. The largest absolute Gasteiger partial charge is 0.467 e. The number of rotatable bonds is 12. The number of nitrogens with two attached hydrogens (primary N) is 1. The summed E-state index contributed by atoms with van der Waals surface area (Å²) in [5, 5.41) is 0. The lowest BCUT2D eigenvalue weighted by Crippen LogP contribution is -2.11. The van der Waals surface area contributed by atoms with Gasteiger partial charge in [0.05, 0.1) is 45.9 Å². The van der Waals surface area contributed by atoms with Gasteiger partial charge in [-0.3, -0.25) is 0 Å². The molecule has 0 aromatic carbocycles. The zero-order valence-electron chi connectivity index (χ0n) is 11.4. The van der Waals surface area contributed by atoms with Crippen LogP contribution in [0.1, 0.15) is 11.3 Å². The Balaban J connectivity index is 1.89. The molecule has 2 N–H and O–H groups in total. The van der Waals surface area contributed by atoms with Gasteiger partial charge >= 0.3 is 0 Å². The van der Waals surface area contributed by atoms with Crippen molar-refractivity contribution in [3.63, 3.8) is 0 Å². The normalized spacial score (nSPS) is 11.1. The molecular formula is C13H23NO5. The summed E-state index contributed by atoms with van der Waals surface area (Å²) in [7, 11) is 1.65. The molecule has 19 heavy (non-hydrogen) atoms.